The molecule has 1 aliphatic rings. The van der Waals surface area contributed by atoms with Gasteiger partial charge in [0.15, 0.2) is 0 Å². The fourth-order valence-corrected chi connectivity index (χ4v) is 1.18. The summed E-state index contributed by atoms with van der Waals surface area (Å²) in [6.45, 7) is 4.66. The van der Waals surface area contributed by atoms with Crippen LogP contribution in [0.5, 0.6) is 0 Å². The molecule has 1 saturated heterocycles. The maximum absolute atomic E-state index is 11.5. The second-order valence-electron chi connectivity index (χ2n) is 2.95. The number of morpholine rings is 1. The molecule has 1 unspecified atom stereocenters. The van der Waals surface area contributed by atoms with Crippen LogP contribution in [0.3, 0.4) is 0 Å². The Morgan fingerprint density at radius 1 is 1.50 bits per heavy atom. The van der Waals surface area contributed by atoms with Gasteiger partial charge in [-0.1, -0.05) is 0 Å². The molecule has 0 aromatic heterocycles. The third-order valence-corrected chi connectivity index (χ3v) is 2.13. The summed E-state index contributed by atoms with van der Waals surface area (Å²) in [6, 6.07) is -0.0805. The Labute approximate surface area is 72.9 Å². The van der Waals surface area contributed by atoms with Crippen molar-refractivity contribution >= 4 is 5.91 Å². The van der Waals surface area contributed by atoms with Crippen LogP contribution in [0, 0.1) is 0 Å². The molecule has 1 N–H and O–H groups in total. The van der Waals surface area contributed by atoms with Crippen molar-refractivity contribution in [3.63, 3.8) is 0 Å². The Hall–Kier alpha value is -0.610. The third kappa shape index (κ3) is 2.19. The molecule has 1 rings (SSSR count). The van der Waals surface area contributed by atoms with Crippen LogP contribution in [0.15, 0.2) is 0 Å². The first kappa shape index (κ1) is 9.48. The van der Waals surface area contributed by atoms with Crippen molar-refractivity contribution in [2.75, 3.05) is 33.4 Å². The van der Waals surface area contributed by atoms with Crippen LogP contribution in [-0.2, 0) is 9.53 Å². The molecular formula is C8H16N2O2. The first-order chi connectivity index (χ1) is 5.75. The van der Waals surface area contributed by atoms with Crippen molar-refractivity contribution in [2.24, 2.45) is 0 Å². The van der Waals surface area contributed by atoms with Gasteiger partial charge in [0.1, 0.15) is 0 Å². The van der Waals surface area contributed by atoms with E-state index < -0.39 is 0 Å². The highest BCUT2D eigenvalue weighted by atomic mass is 16.5. The van der Waals surface area contributed by atoms with Crippen LogP contribution >= 0.6 is 0 Å². The zero-order valence-corrected chi connectivity index (χ0v) is 7.67. The summed E-state index contributed by atoms with van der Waals surface area (Å²) in [7, 11) is 1.79. The molecule has 1 aliphatic heterocycles. The monoisotopic (exact) mass is 172 g/mol. The molecule has 1 atom stereocenters. The van der Waals surface area contributed by atoms with E-state index in [9.17, 15) is 4.79 Å². The quantitative estimate of drug-likeness (QED) is 0.608. The van der Waals surface area contributed by atoms with Crippen molar-refractivity contribution < 1.29 is 9.53 Å². The molecule has 0 bridgehead atoms. The van der Waals surface area contributed by atoms with Crippen molar-refractivity contribution in [2.45, 2.75) is 13.0 Å². The summed E-state index contributed by atoms with van der Waals surface area (Å²) in [6.07, 6.45) is 0. The lowest BCUT2D eigenvalue weighted by molar-refractivity contribution is -0.136. The molecule has 1 amide bonds. The number of carbonyl (C=O) groups excluding carboxylic acids is 1. The van der Waals surface area contributed by atoms with E-state index in [0.29, 0.717) is 13.2 Å². The second kappa shape index (κ2) is 4.42. The molecule has 4 nitrogen and oxygen atoms in total. The van der Waals surface area contributed by atoms with Gasteiger partial charge in [-0.3, -0.25) is 4.79 Å². The van der Waals surface area contributed by atoms with Gasteiger partial charge in [0.05, 0.1) is 19.3 Å². The molecule has 0 aromatic carbocycles. The number of hydrogen-bond donors (Lipinski definition) is 1. The van der Waals surface area contributed by atoms with E-state index in [-0.39, 0.29) is 11.9 Å². The Morgan fingerprint density at radius 3 is 2.58 bits per heavy atom. The van der Waals surface area contributed by atoms with Crippen molar-refractivity contribution in [3.8, 4) is 0 Å². The summed E-state index contributed by atoms with van der Waals surface area (Å²) < 4.78 is 5.15. The summed E-state index contributed by atoms with van der Waals surface area (Å²) in [5.74, 6) is 0.167. The summed E-state index contributed by atoms with van der Waals surface area (Å²) in [5.41, 5.74) is 0. The number of likely N-dealkylation sites (N-methyl/N-ethyl adjacent to an activating group) is 1. The Kier molecular flexibility index (Phi) is 3.49. The smallest absolute Gasteiger partial charge is 0.239 e. The highest BCUT2D eigenvalue weighted by Crippen LogP contribution is 1.99. The minimum Gasteiger partial charge on any atom is -0.378 e. The number of nitrogens with one attached hydrogen (secondary N) is 1. The number of carbonyl (C=O) groups is 1. The van der Waals surface area contributed by atoms with E-state index in [0.717, 1.165) is 13.1 Å². The predicted octanol–water partition coefficient (Wildman–Crippen LogP) is -0.547. The zero-order valence-electron chi connectivity index (χ0n) is 7.67. The standard InChI is InChI=1S/C8H16N2O2/c1-7(9-2)8(11)10-3-5-12-6-4-10/h7,9H,3-6H2,1-2H3. The van der Waals surface area contributed by atoms with E-state index >= 15 is 0 Å². The van der Waals surface area contributed by atoms with Gasteiger partial charge in [-0.15, -0.1) is 0 Å². The lowest BCUT2D eigenvalue weighted by Crippen LogP contribution is -2.48. The summed E-state index contributed by atoms with van der Waals surface area (Å²) >= 11 is 0. The normalized spacial score (nSPS) is 20.7. The number of rotatable bonds is 2. The molecule has 1 heterocycles. The van der Waals surface area contributed by atoms with Gasteiger partial charge in [-0.2, -0.15) is 0 Å². The van der Waals surface area contributed by atoms with Gasteiger partial charge in [0.25, 0.3) is 0 Å². The van der Waals surface area contributed by atoms with Gasteiger partial charge in [0.2, 0.25) is 5.91 Å². The van der Waals surface area contributed by atoms with E-state index in [1.807, 2.05) is 11.8 Å². The Balaban J connectivity index is 2.39. The van der Waals surface area contributed by atoms with Crippen molar-refractivity contribution in [3.05, 3.63) is 0 Å². The summed E-state index contributed by atoms with van der Waals surface area (Å²) in [4.78, 5) is 13.4. The van der Waals surface area contributed by atoms with Crippen LogP contribution in [0.25, 0.3) is 0 Å². The topological polar surface area (TPSA) is 41.6 Å². The van der Waals surface area contributed by atoms with E-state index in [1.165, 1.54) is 0 Å². The van der Waals surface area contributed by atoms with Crippen LogP contribution < -0.4 is 5.32 Å². The highest BCUT2D eigenvalue weighted by molar-refractivity contribution is 5.81. The van der Waals surface area contributed by atoms with E-state index in [1.54, 1.807) is 7.05 Å². The van der Waals surface area contributed by atoms with Crippen molar-refractivity contribution in [1.29, 1.82) is 0 Å². The highest BCUT2D eigenvalue weighted by Gasteiger charge is 2.20. The Morgan fingerprint density at radius 2 is 2.08 bits per heavy atom. The molecule has 0 aromatic rings. The average Bonchev–Trinajstić information content (AvgIpc) is 2.17. The van der Waals surface area contributed by atoms with Crippen LogP contribution in [-0.4, -0.2) is 50.2 Å². The van der Waals surface area contributed by atoms with E-state index in [2.05, 4.69) is 5.32 Å². The minimum absolute atomic E-state index is 0.0805. The molecule has 0 spiro atoms. The Bertz CT molecular complexity index is 155. The number of nitrogens with zero attached hydrogens (tertiary/aromatic N) is 1. The van der Waals surface area contributed by atoms with Gasteiger partial charge < -0.3 is 15.0 Å². The molecule has 12 heavy (non-hydrogen) atoms. The first-order valence-corrected chi connectivity index (χ1v) is 4.29. The van der Waals surface area contributed by atoms with Gasteiger partial charge in [0, 0.05) is 13.1 Å². The SMILES string of the molecule is CNC(C)C(=O)N1CCOCC1. The fraction of sp³-hybridized carbons (Fsp3) is 0.875. The third-order valence-electron chi connectivity index (χ3n) is 2.13. The number of ether oxygens (including phenoxy) is 1. The van der Waals surface area contributed by atoms with Gasteiger partial charge in [-0.05, 0) is 14.0 Å². The molecule has 1 fully saturated rings. The molecule has 70 valence electrons. The maximum atomic E-state index is 11.5. The second-order valence-corrected chi connectivity index (χ2v) is 2.95. The number of amides is 1. The molecule has 4 heteroatoms. The largest absolute Gasteiger partial charge is 0.378 e. The lowest BCUT2D eigenvalue weighted by atomic mass is 10.3. The predicted molar refractivity (Wildman–Crippen MR) is 45.9 cm³/mol. The molecule has 0 radical (unpaired) electrons. The minimum atomic E-state index is -0.0805. The van der Waals surface area contributed by atoms with Crippen LogP contribution in [0.1, 0.15) is 6.92 Å². The maximum Gasteiger partial charge on any atom is 0.239 e. The van der Waals surface area contributed by atoms with Gasteiger partial charge >= 0.3 is 0 Å². The van der Waals surface area contributed by atoms with Crippen LogP contribution in [0.4, 0.5) is 0 Å². The fourth-order valence-electron chi connectivity index (χ4n) is 1.18. The average molecular weight is 172 g/mol. The molecule has 0 aliphatic carbocycles. The van der Waals surface area contributed by atoms with Crippen LogP contribution in [0.2, 0.25) is 0 Å². The molecular weight excluding hydrogens is 156 g/mol. The zero-order chi connectivity index (χ0) is 8.97. The van der Waals surface area contributed by atoms with Crippen molar-refractivity contribution in [1.82, 2.24) is 10.2 Å². The van der Waals surface area contributed by atoms with E-state index in [4.69, 9.17) is 4.74 Å². The first-order valence-electron chi connectivity index (χ1n) is 4.29. The van der Waals surface area contributed by atoms with Gasteiger partial charge in [-0.25, -0.2) is 0 Å². The molecule has 0 saturated carbocycles. The summed E-state index contributed by atoms with van der Waals surface area (Å²) in [5, 5.41) is 2.93. The lowest BCUT2D eigenvalue weighted by Gasteiger charge is -2.29. The number of hydrogen-bond acceptors (Lipinski definition) is 3.